The van der Waals surface area contributed by atoms with Gasteiger partial charge >= 0.3 is 5.97 Å². The molecule has 180 valence electrons. The highest BCUT2D eigenvalue weighted by atomic mass is 32.1. The highest BCUT2D eigenvalue weighted by Crippen LogP contribution is 2.34. The van der Waals surface area contributed by atoms with E-state index in [1.54, 1.807) is 32.0 Å². The van der Waals surface area contributed by atoms with E-state index < -0.39 is 12.0 Å². The molecule has 1 atom stereocenters. The lowest BCUT2D eigenvalue weighted by Gasteiger charge is -2.30. The van der Waals surface area contributed by atoms with Crippen molar-refractivity contribution < 1.29 is 23.8 Å². The number of amides is 1. The van der Waals surface area contributed by atoms with Crippen molar-refractivity contribution in [2.24, 2.45) is 0 Å². The molecule has 0 spiro atoms. The zero-order valence-corrected chi connectivity index (χ0v) is 20.5. The van der Waals surface area contributed by atoms with Gasteiger partial charge < -0.3 is 30.2 Å². The Labute approximate surface area is 204 Å². The minimum absolute atomic E-state index is 0.218. The molecule has 1 amide bonds. The van der Waals surface area contributed by atoms with Crippen LogP contribution in [0.15, 0.2) is 59.8 Å². The van der Waals surface area contributed by atoms with E-state index >= 15 is 0 Å². The molecule has 0 saturated carbocycles. The first-order chi connectivity index (χ1) is 16.3. The van der Waals surface area contributed by atoms with E-state index in [0.29, 0.717) is 34.4 Å². The van der Waals surface area contributed by atoms with Crippen LogP contribution in [0.4, 0.5) is 0 Å². The molecule has 9 heteroatoms. The van der Waals surface area contributed by atoms with Crippen molar-refractivity contribution in [3.8, 4) is 11.5 Å². The molecule has 3 N–H and O–H groups in total. The monoisotopic (exact) mass is 483 g/mol. The first-order valence-corrected chi connectivity index (χ1v) is 11.3. The minimum Gasteiger partial charge on any atom is -0.493 e. The lowest BCUT2D eigenvalue weighted by atomic mass is 9.94. The highest BCUT2D eigenvalue weighted by molar-refractivity contribution is 7.80. The molecule has 0 radical (unpaired) electrons. The summed E-state index contributed by atoms with van der Waals surface area (Å²) in [6.45, 7) is 5.51. The van der Waals surface area contributed by atoms with Gasteiger partial charge in [0.15, 0.2) is 23.2 Å². The topological polar surface area (TPSA) is 97.9 Å². The van der Waals surface area contributed by atoms with Gasteiger partial charge in [0.05, 0.1) is 24.8 Å². The van der Waals surface area contributed by atoms with Crippen LogP contribution < -0.4 is 25.4 Å². The van der Waals surface area contributed by atoms with Gasteiger partial charge in [-0.25, -0.2) is 4.79 Å². The van der Waals surface area contributed by atoms with E-state index in [-0.39, 0.29) is 18.6 Å². The van der Waals surface area contributed by atoms with Crippen LogP contribution >= 0.6 is 12.2 Å². The summed E-state index contributed by atoms with van der Waals surface area (Å²) in [6.07, 6.45) is -0.225. The fourth-order valence-electron chi connectivity index (χ4n) is 3.53. The van der Waals surface area contributed by atoms with E-state index in [1.807, 2.05) is 37.3 Å². The molecule has 2 aromatic rings. The Morgan fingerprint density at radius 2 is 1.85 bits per heavy atom. The number of hydrogen-bond donors (Lipinski definition) is 3. The first-order valence-electron chi connectivity index (χ1n) is 10.9. The van der Waals surface area contributed by atoms with Crippen LogP contribution in [-0.4, -0.2) is 36.8 Å². The first kappa shape index (κ1) is 25.0. The molecule has 3 rings (SSSR count). The van der Waals surface area contributed by atoms with Gasteiger partial charge in [0.25, 0.3) is 5.91 Å². The van der Waals surface area contributed by atoms with E-state index in [4.69, 9.17) is 26.4 Å². The average Bonchev–Trinajstić information content (AvgIpc) is 2.80. The minimum atomic E-state index is -0.502. The second-order valence-electron chi connectivity index (χ2n) is 7.98. The second kappa shape index (κ2) is 11.5. The van der Waals surface area contributed by atoms with Crippen molar-refractivity contribution in [1.82, 2.24) is 16.0 Å². The van der Waals surface area contributed by atoms with Crippen molar-refractivity contribution in [2.75, 3.05) is 13.7 Å². The SMILES string of the molecule is COc1cc([C@H]2NC(=S)NC(C)=C2C(=O)NCc2ccccc2)ccc1OCC(=O)OC(C)C. The van der Waals surface area contributed by atoms with E-state index in [9.17, 15) is 9.59 Å². The van der Waals surface area contributed by atoms with Gasteiger partial charge in [-0.2, -0.15) is 0 Å². The number of carbonyl (C=O) groups excluding carboxylic acids is 2. The van der Waals surface area contributed by atoms with Crippen LogP contribution in [0, 0.1) is 0 Å². The Morgan fingerprint density at radius 3 is 2.53 bits per heavy atom. The molecule has 1 heterocycles. The number of thiocarbonyl (C=S) groups is 1. The molecule has 1 aliphatic rings. The number of benzene rings is 2. The second-order valence-corrected chi connectivity index (χ2v) is 8.38. The maximum Gasteiger partial charge on any atom is 0.344 e. The van der Waals surface area contributed by atoms with Gasteiger partial charge in [-0.05, 0) is 56.2 Å². The van der Waals surface area contributed by atoms with Gasteiger partial charge in [-0.15, -0.1) is 0 Å². The third-order valence-corrected chi connectivity index (χ3v) is 5.26. The molecule has 0 aliphatic carbocycles. The van der Waals surface area contributed by atoms with E-state index in [1.165, 1.54) is 7.11 Å². The van der Waals surface area contributed by atoms with Gasteiger partial charge in [-0.3, -0.25) is 4.79 Å². The Balaban J connectivity index is 1.80. The summed E-state index contributed by atoms with van der Waals surface area (Å²) in [5, 5.41) is 9.58. The molecule has 0 fully saturated rings. The molecule has 1 aliphatic heterocycles. The molecule has 8 nitrogen and oxygen atoms in total. The van der Waals surface area contributed by atoms with Crippen molar-refractivity contribution in [3.63, 3.8) is 0 Å². The predicted octanol–water partition coefficient (Wildman–Crippen LogP) is 3.13. The van der Waals surface area contributed by atoms with Gasteiger partial charge in [0.2, 0.25) is 0 Å². The summed E-state index contributed by atoms with van der Waals surface area (Å²) < 4.78 is 16.2. The van der Waals surface area contributed by atoms with Crippen molar-refractivity contribution in [2.45, 2.75) is 39.5 Å². The standard InChI is InChI=1S/C25H29N3O5S/c1-15(2)33-21(29)14-32-19-11-10-18(12-20(19)31-4)23-22(16(3)27-25(34)28-23)24(30)26-13-17-8-6-5-7-9-17/h5-12,15,23H,13-14H2,1-4H3,(H,26,30)(H2,27,28,34)/t23-/m1/s1. The van der Waals surface area contributed by atoms with Crippen LogP contribution in [0.3, 0.4) is 0 Å². The lowest BCUT2D eigenvalue weighted by Crippen LogP contribution is -2.46. The molecular formula is C25H29N3O5S. The molecule has 34 heavy (non-hydrogen) atoms. The molecule has 0 saturated heterocycles. The van der Waals surface area contributed by atoms with Crippen molar-refractivity contribution in [1.29, 1.82) is 0 Å². The van der Waals surface area contributed by atoms with Crippen LogP contribution in [-0.2, 0) is 20.9 Å². The summed E-state index contributed by atoms with van der Waals surface area (Å²) >= 11 is 5.34. The van der Waals surface area contributed by atoms with Crippen molar-refractivity contribution >= 4 is 29.2 Å². The number of methoxy groups -OCH3 is 1. The highest BCUT2D eigenvalue weighted by Gasteiger charge is 2.30. The number of nitrogens with one attached hydrogen (secondary N) is 3. The van der Waals surface area contributed by atoms with Gasteiger partial charge in [0.1, 0.15) is 0 Å². The van der Waals surface area contributed by atoms with E-state index in [0.717, 1.165) is 11.1 Å². The Kier molecular flexibility index (Phi) is 8.48. The third-order valence-electron chi connectivity index (χ3n) is 5.04. The summed E-state index contributed by atoms with van der Waals surface area (Å²) in [4.78, 5) is 25.0. The van der Waals surface area contributed by atoms with Crippen LogP contribution in [0.1, 0.15) is 37.9 Å². The Morgan fingerprint density at radius 1 is 1.12 bits per heavy atom. The summed E-state index contributed by atoms with van der Waals surface area (Å²) in [5.74, 6) is 0.119. The predicted molar refractivity (Wildman–Crippen MR) is 132 cm³/mol. The normalized spacial score (nSPS) is 15.3. The van der Waals surface area contributed by atoms with Crippen LogP contribution in [0.25, 0.3) is 0 Å². The zero-order valence-electron chi connectivity index (χ0n) is 19.6. The average molecular weight is 484 g/mol. The number of carbonyl (C=O) groups is 2. The zero-order chi connectivity index (χ0) is 24.7. The molecular weight excluding hydrogens is 454 g/mol. The lowest BCUT2D eigenvalue weighted by molar-refractivity contribution is -0.149. The van der Waals surface area contributed by atoms with Crippen LogP contribution in [0.2, 0.25) is 0 Å². The number of ether oxygens (including phenoxy) is 3. The number of allylic oxidation sites excluding steroid dienone is 1. The molecule has 2 aromatic carbocycles. The Hall–Kier alpha value is -3.59. The molecule has 0 bridgehead atoms. The number of hydrogen-bond acceptors (Lipinski definition) is 6. The fraction of sp³-hybridized carbons (Fsp3) is 0.320. The largest absolute Gasteiger partial charge is 0.493 e. The van der Waals surface area contributed by atoms with Gasteiger partial charge in [0, 0.05) is 12.2 Å². The third kappa shape index (κ3) is 6.48. The number of rotatable bonds is 9. The smallest absolute Gasteiger partial charge is 0.344 e. The summed E-state index contributed by atoms with van der Waals surface area (Å²) in [7, 11) is 1.51. The number of esters is 1. The summed E-state index contributed by atoms with van der Waals surface area (Å²) in [6, 6.07) is 14.4. The van der Waals surface area contributed by atoms with E-state index in [2.05, 4.69) is 16.0 Å². The van der Waals surface area contributed by atoms with Crippen molar-refractivity contribution in [3.05, 3.63) is 70.9 Å². The molecule has 0 unspecified atom stereocenters. The fourth-order valence-corrected chi connectivity index (χ4v) is 3.81. The van der Waals surface area contributed by atoms with Gasteiger partial charge in [-0.1, -0.05) is 36.4 Å². The summed E-state index contributed by atoms with van der Waals surface area (Å²) in [5.41, 5.74) is 2.93. The maximum absolute atomic E-state index is 13.2. The maximum atomic E-state index is 13.2. The molecule has 0 aromatic heterocycles. The quantitative estimate of drug-likeness (QED) is 0.370. The van der Waals surface area contributed by atoms with Crippen LogP contribution in [0.5, 0.6) is 11.5 Å². The Bertz CT molecular complexity index is 1090.